The monoisotopic (exact) mass is 330 g/mol. The molecule has 0 heterocycles. The van der Waals surface area contributed by atoms with Gasteiger partial charge in [0, 0.05) is 5.56 Å². The molecule has 0 radical (unpaired) electrons. The van der Waals surface area contributed by atoms with Crippen LogP contribution in [0.1, 0.15) is 26.3 Å². The van der Waals surface area contributed by atoms with Crippen LogP contribution >= 0.6 is 7.60 Å². The Morgan fingerprint density at radius 1 is 1.00 bits per heavy atom. The van der Waals surface area contributed by atoms with Crippen molar-refractivity contribution in [2.24, 2.45) is 5.41 Å². The van der Waals surface area contributed by atoms with Gasteiger partial charge in [-0.05, 0) is 17.5 Å². The predicted octanol–water partition coefficient (Wildman–Crippen LogP) is 5.26. The third-order valence-corrected chi connectivity index (χ3v) is 4.93. The average Bonchev–Trinajstić information content (AvgIpc) is 2.54. The molecule has 2 rings (SSSR count). The van der Waals surface area contributed by atoms with Gasteiger partial charge < -0.3 is 4.52 Å². The summed E-state index contributed by atoms with van der Waals surface area (Å²) in [6.07, 6.45) is 0. The van der Waals surface area contributed by atoms with Crippen molar-refractivity contribution in [1.82, 2.24) is 0 Å². The van der Waals surface area contributed by atoms with E-state index in [0.29, 0.717) is 17.7 Å². The Morgan fingerprint density at radius 3 is 2.04 bits per heavy atom. The minimum atomic E-state index is -3.49. The largest absolute Gasteiger partial charge is 0.421 e. The first-order chi connectivity index (χ1) is 10.8. The van der Waals surface area contributed by atoms with Crippen LogP contribution in [-0.2, 0) is 13.6 Å². The second-order valence-corrected chi connectivity index (χ2v) is 8.50. The van der Waals surface area contributed by atoms with Gasteiger partial charge in [-0.15, -0.1) is 0 Å². The van der Waals surface area contributed by atoms with Crippen LogP contribution in [0.3, 0.4) is 0 Å². The van der Waals surface area contributed by atoms with Gasteiger partial charge in [0.1, 0.15) is 5.76 Å². The summed E-state index contributed by atoms with van der Waals surface area (Å²) in [4.78, 5) is 0. The van der Waals surface area contributed by atoms with Crippen molar-refractivity contribution in [3.05, 3.63) is 72.8 Å². The minimum absolute atomic E-state index is 0.123. The highest BCUT2D eigenvalue weighted by Gasteiger charge is 2.31. The molecule has 0 aliphatic carbocycles. The zero-order valence-electron chi connectivity index (χ0n) is 13.9. The molecule has 1 atom stereocenters. The van der Waals surface area contributed by atoms with E-state index in [9.17, 15) is 4.57 Å². The molecule has 0 bridgehead atoms. The summed E-state index contributed by atoms with van der Waals surface area (Å²) in [6.45, 7) is 10.3. The molecule has 0 fully saturated rings. The van der Waals surface area contributed by atoms with Crippen LogP contribution in [0.5, 0.6) is 0 Å². The zero-order valence-corrected chi connectivity index (χ0v) is 14.8. The lowest BCUT2D eigenvalue weighted by atomic mass is 9.99. The highest BCUT2D eigenvalue weighted by Crippen LogP contribution is 2.51. The second-order valence-electron chi connectivity index (χ2n) is 6.55. The van der Waals surface area contributed by atoms with Gasteiger partial charge in [-0.25, -0.2) is 4.57 Å². The molecule has 23 heavy (non-hydrogen) atoms. The smallest absolute Gasteiger partial charge is 0.410 e. The predicted molar refractivity (Wildman–Crippen MR) is 95.7 cm³/mol. The number of hydrogen-bond acceptors (Lipinski definition) is 3. The molecule has 2 aromatic rings. The lowest BCUT2D eigenvalue weighted by molar-refractivity contribution is 0.179. The molecule has 3 nitrogen and oxygen atoms in total. The van der Waals surface area contributed by atoms with E-state index in [1.165, 1.54) is 0 Å². The molecule has 0 spiro atoms. The first-order valence-electron chi connectivity index (χ1n) is 7.54. The number of hydrogen-bond donors (Lipinski definition) is 0. The Bertz CT molecular complexity index is 688. The quantitative estimate of drug-likeness (QED) is 0.536. The molecule has 4 heteroatoms. The van der Waals surface area contributed by atoms with E-state index in [2.05, 4.69) is 6.58 Å². The maximum absolute atomic E-state index is 13.3. The van der Waals surface area contributed by atoms with Crippen LogP contribution in [0.2, 0.25) is 0 Å². The van der Waals surface area contributed by atoms with Gasteiger partial charge in [-0.2, -0.15) is 0 Å². The zero-order chi connectivity index (χ0) is 16.9. The summed E-state index contributed by atoms with van der Waals surface area (Å²) < 4.78 is 24.8. The fraction of sp³-hybridized carbons (Fsp3) is 0.263. The Labute approximate surface area is 138 Å². The Hall–Kier alpha value is -1.83. The molecule has 2 aromatic carbocycles. The lowest BCUT2D eigenvalue weighted by Crippen LogP contribution is -2.18. The van der Waals surface area contributed by atoms with E-state index in [1.807, 2.05) is 69.3 Å². The van der Waals surface area contributed by atoms with Gasteiger partial charge >= 0.3 is 7.60 Å². The van der Waals surface area contributed by atoms with Gasteiger partial charge in [0.05, 0.1) is 11.9 Å². The molecule has 0 N–H and O–H groups in total. The summed E-state index contributed by atoms with van der Waals surface area (Å²) in [5.41, 5.74) is 0.657. The standard InChI is InChI=1S/C19H23O3P/c1-16(17-11-7-5-8-12-17)22-23(20,21-15-19(2,3)4)18-13-9-6-10-14-18/h5-14H,1,15H2,2-4H3. The maximum Gasteiger partial charge on any atom is 0.410 e. The molecule has 1 unspecified atom stereocenters. The molecule has 0 aliphatic rings. The topological polar surface area (TPSA) is 35.5 Å². The Morgan fingerprint density at radius 2 is 1.52 bits per heavy atom. The average molecular weight is 330 g/mol. The van der Waals surface area contributed by atoms with Crippen LogP contribution in [-0.4, -0.2) is 6.61 Å². The SMILES string of the molecule is C=C(OP(=O)(OCC(C)(C)C)c1ccccc1)c1ccccc1. The van der Waals surface area contributed by atoms with Crippen molar-refractivity contribution in [1.29, 1.82) is 0 Å². The van der Waals surface area contributed by atoms with E-state index in [1.54, 1.807) is 12.1 Å². The summed E-state index contributed by atoms with van der Waals surface area (Å²) >= 11 is 0. The molecule has 122 valence electrons. The van der Waals surface area contributed by atoms with E-state index in [0.717, 1.165) is 5.56 Å². The molecule has 0 aromatic heterocycles. The normalized spacial score (nSPS) is 14.0. The third-order valence-electron chi connectivity index (χ3n) is 3.07. The molecule has 0 saturated heterocycles. The molecular weight excluding hydrogens is 307 g/mol. The molecule has 0 saturated carbocycles. The highest BCUT2D eigenvalue weighted by atomic mass is 31.2. The van der Waals surface area contributed by atoms with Gasteiger partial charge in [0.25, 0.3) is 0 Å². The third kappa shape index (κ3) is 5.09. The minimum Gasteiger partial charge on any atom is -0.421 e. The lowest BCUT2D eigenvalue weighted by Gasteiger charge is -2.25. The van der Waals surface area contributed by atoms with Gasteiger partial charge in [0.2, 0.25) is 0 Å². The summed E-state index contributed by atoms with van der Waals surface area (Å²) in [5, 5.41) is 0.529. The van der Waals surface area contributed by atoms with Gasteiger partial charge in [-0.1, -0.05) is 75.9 Å². The first kappa shape index (κ1) is 17.5. The van der Waals surface area contributed by atoms with Gasteiger partial charge in [-0.3, -0.25) is 4.52 Å². The van der Waals surface area contributed by atoms with Crippen molar-refractivity contribution in [3.8, 4) is 0 Å². The van der Waals surface area contributed by atoms with Crippen molar-refractivity contribution in [2.75, 3.05) is 6.61 Å². The summed E-state index contributed by atoms with van der Waals surface area (Å²) in [6, 6.07) is 18.4. The van der Waals surface area contributed by atoms with Crippen LogP contribution < -0.4 is 5.30 Å². The molecular formula is C19H23O3P. The van der Waals surface area contributed by atoms with E-state index in [4.69, 9.17) is 9.05 Å². The number of benzene rings is 2. The highest BCUT2D eigenvalue weighted by molar-refractivity contribution is 7.62. The van der Waals surface area contributed by atoms with Crippen LogP contribution in [0.4, 0.5) is 0 Å². The Balaban J connectivity index is 2.27. The maximum atomic E-state index is 13.3. The fourth-order valence-electron chi connectivity index (χ4n) is 1.86. The summed E-state index contributed by atoms with van der Waals surface area (Å²) in [7, 11) is -3.49. The van der Waals surface area contributed by atoms with Crippen molar-refractivity contribution in [2.45, 2.75) is 20.8 Å². The van der Waals surface area contributed by atoms with E-state index >= 15 is 0 Å². The second kappa shape index (κ2) is 7.16. The van der Waals surface area contributed by atoms with Gasteiger partial charge in [0.15, 0.2) is 0 Å². The molecule has 0 amide bonds. The fourth-order valence-corrected chi connectivity index (χ4v) is 3.66. The van der Waals surface area contributed by atoms with Crippen LogP contribution in [0, 0.1) is 5.41 Å². The molecule has 0 aliphatic heterocycles. The Kier molecular flexibility index (Phi) is 5.46. The number of rotatable bonds is 6. The van der Waals surface area contributed by atoms with E-state index < -0.39 is 7.60 Å². The van der Waals surface area contributed by atoms with Crippen LogP contribution in [0.15, 0.2) is 67.2 Å². The first-order valence-corrected chi connectivity index (χ1v) is 9.09. The van der Waals surface area contributed by atoms with Crippen molar-refractivity contribution >= 4 is 18.7 Å². The van der Waals surface area contributed by atoms with Crippen LogP contribution in [0.25, 0.3) is 5.76 Å². The van der Waals surface area contributed by atoms with Crippen molar-refractivity contribution in [3.63, 3.8) is 0 Å². The summed E-state index contributed by atoms with van der Waals surface area (Å²) in [5.74, 6) is 0.340. The van der Waals surface area contributed by atoms with Crippen molar-refractivity contribution < 1.29 is 13.6 Å². The van der Waals surface area contributed by atoms with E-state index in [-0.39, 0.29) is 5.41 Å².